The molecule has 5 heteroatoms. The highest BCUT2D eigenvalue weighted by Gasteiger charge is 2.25. The third kappa shape index (κ3) is 2.09. The molecule has 19 heavy (non-hydrogen) atoms. The van der Waals surface area contributed by atoms with Crippen LogP contribution in [0.2, 0.25) is 0 Å². The van der Waals surface area contributed by atoms with Gasteiger partial charge in [0.15, 0.2) is 5.58 Å². The number of aliphatic hydroxyl groups excluding tert-OH is 1. The lowest BCUT2D eigenvalue weighted by atomic mass is 9.95. The van der Waals surface area contributed by atoms with Crippen molar-refractivity contribution in [1.82, 2.24) is 4.57 Å². The third-order valence-corrected chi connectivity index (χ3v) is 3.76. The molecule has 1 aliphatic rings. The van der Waals surface area contributed by atoms with Gasteiger partial charge in [-0.2, -0.15) is 0 Å². The third-order valence-electron chi connectivity index (χ3n) is 3.76. The Hall–Kier alpha value is -1.59. The molecule has 2 aromatic rings. The van der Waals surface area contributed by atoms with Crippen LogP contribution in [-0.4, -0.2) is 22.9 Å². The summed E-state index contributed by atoms with van der Waals surface area (Å²) in [6.07, 6.45) is 0.293. The summed E-state index contributed by atoms with van der Waals surface area (Å²) < 4.78 is 12.1. The molecule has 5 nitrogen and oxygen atoms in total. The molecule has 2 atom stereocenters. The smallest absolute Gasteiger partial charge is 0.408 e. The number of ether oxygens (including phenoxy) is 1. The van der Waals surface area contributed by atoms with Gasteiger partial charge in [-0.05, 0) is 31.0 Å². The summed E-state index contributed by atoms with van der Waals surface area (Å²) in [6, 6.07) is 5.44. The van der Waals surface area contributed by atoms with E-state index in [0.29, 0.717) is 25.3 Å². The molecule has 1 N–H and O–H groups in total. The SMILES string of the molecule is CCn1c(=O)oc2cc(C(O)C3CCOC3)ccc21. The predicted octanol–water partition coefficient (Wildman–Crippen LogP) is 1.68. The first-order valence-corrected chi connectivity index (χ1v) is 6.60. The van der Waals surface area contributed by atoms with Gasteiger partial charge in [-0.1, -0.05) is 6.07 Å². The predicted molar refractivity (Wildman–Crippen MR) is 70.0 cm³/mol. The lowest BCUT2D eigenvalue weighted by Crippen LogP contribution is -2.13. The van der Waals surface area contributed by atoms with Gasteiger partial charge < -0.3 is 14.3 Å². The topological polar surface area (TPSA) is 64.6 Å². The van der Waals surface area contributed by atoms with E-state index < -0.39 is 6.10 Å². The highest BCUT2D eigenvalue weighted by molar-refractivity contribution is 5.73. The molecule has 0 saturated carbocycles. The molecule has 0 spiro atoms. The second kappa shape index (κ2) is 4.83. The van der Waals surface area contributed by atoms with E-state index in [1.165, 1.54) is 0 Å². The zero-order valence-electron chi connectivity index (χ0n) is 10.8. The molecule has 0 bridgehead atoms. The van der Waals surface area contributed by atoms with E-state index in [1.807, 2.05) is 19.1 Å². The Morgan fingerprint density at radius 2 is 2.37 bits per heavy atom. The Morgan fingerprint density at radius 3 is 3.05 bits per heavy atom. The number of hydrogen-bond donors (Lipinski definition) is 1. The second-order valence-corrected chi connectivity index (χ2v) is 4.91. The molecule has 0 amide bonds. The summed E-state index contributed by atoms with van der Waals surface area (Å²) in [7, 11) is 0. The van der Waals surface area contributed by atoms with Crippen molar-refractivity contribution in [3.05, 3.63) is 34.3 Å². The summed E-state index contributed by atoms with van der Waals surface area (Å²) >= 11 is 0. The van der Waals surface area contributed by atoms with Crippen LogP contribution in [0.25, 0.3) is 11.1 Å². The fraction of sp³-hybridized carbons (Fsp3) is 0.500. The Labute approximate surface area is 110 Å². The van der Waals surface area contributed by atoms with E-state index in [4.69, 9.17) is 9.15 Å². The van der Waals surface area contributed by atoms with Crippen molar-refractivity contribution >= 4 is 11.1 Å². The first-order valence-electron chi connectivity index (χ1n) is 6.60. The first-order chi connectivity index (χ1) is 9.20. The number of aliphatic hydroxyl groups is 1. The molecule has 0 radical (unpaired) electrons. The minimum absolute atomic E-state index is 0.123. The fourth-order valence-corrected chi connectivity index (χ4v) is 2.64. The number of rotatable bonds is 3. The average molecular weight is 263 g/mol. The van der Waals surface area contributed by atoms with Gasteiger partial charge in [-0.3, -0.25) is 4.57 Å². The van der Waals surface area contributed by atoms with E-state index >= 15 is 0 Å². The number of benzene rings is 1. The summed E-state index contributed by atoms with van der Waals surface area (Å²) in [5, 5.41) is 10.3. The van der Waals surface area contributed by atoms with Gasteiger partial charge in [0.1, 0.15) is 0 Å². The van der Waals surface area contributed by atoms with Crippen molar-refractivity contribution in [2.75, 3.05) is 13.2 Å². The van der Waals surface area contributed by atoms with Crippen molar-refractivity contribution in [2.24, 2.45) is 5.92 Å². The number of hydrogen-bond acceptors (Lipinski definition) is 4. The van der Waals surface area contributed by atoms with Gasteiger partial charge in [0.25, 0.3) is 0 Å². The van der Waals surface area contributed by atoms with Crippen molar-refractivity contribution in [3.8, 4) is 0 Å². The lowest BCUT2D eigenvalue weighted by Gasteiger charge is -2.16. The number of fused-ring (bicyclic) bond motifs is 1. The van der Waals surface area contributed by atoms with Crippen molar-refractivity contribution in [1.29, 1.82) is 0 Å². The number of aryl methyl sites for hydroxylation is 1. The Bertz CT molecular complexity index is 636. The minimum atomic E-state index is -0.567. The Morgan fingerprint density at radius 1 is 1.53 bits per heavy atom. The van der Waals surface area contributed by atoms with Crippen LogP contribution in [0, 0.1) is 5.92 Å². The second-order valence-electron chi connectivity index (χ2n) is 4.91. The molecule has 1 aliphatic heterocycles. The van der Waals surface area contributed by atoms with Crippen LogP contribution in [0.1, 0.15) is 25.0 Å². The van der Waals surface area contributed by atoms with Crippen LogP contribution in [-0.2, 0) is 11.3 Å². The Kier molecular flexibility index (Phi) is 3.16. The standard InChI is InChI=1S/C14H17NO4/c1-2-15-11-4-3-9(7-12(11)19-14(15)17)13(16)10-5-6-18-8-10/h3-4,7,10,13,16H,2,5-6,8H2,1H3. The fourth-order valence-electron chi connectivity index (χ4n) is 2.64. The lowest BCUT2D eigenvalue weighted by molar-refractivity contribution is 0.0918. The minimum Gasteiger partial charge on any atom is -0.408 e. The van der Waals surface area contributed by atoms with Crippen LogP contribution in [0.4, 0.5) is 0 Å². The molecular formula is C14H17NO4. The zero-order chi connectivity index (χ0) is 13.4. The molecule has 1 fully saturated rings. The van der Waals surface area contributed by atoms with Crippen LogP contribution < -0.4 is 5.76 Å². The molecule has 2 heterocycles. The summed E-state index contributed by atoms with van der Waals surface area (Å²) in [6.45, 7) is 3.75. The van der Waals surface area contributed by atoms with Crippen LogP contribution in [0.3, 0.4) is 0 Å². The maximum absolute atomic E-state index is 11.6. The largest absolute Gasteiger partial charge is 0.419 e. The van der Waals surface area contributed by atoms with E-state index in [-0.39, 0.29) is 11.7 Å². The molecule has 3 rings (SSSR count). The molecule has 2 unspecified atom stereocenters. The van der Waals surface area contributed by atoms with Gasteiger partial charge in [0.2, 0.25) is 0 Å². The molecular weight excluding hydrogens is 246 g/mol. The normalized spacial score (nSPS) is 21.1. The van der Waals surface area contributed by atoms with Crippen molar-refractivity contribution in [3.63, 3.8) is 0 Å². The quantitative estimate of drug-likeness (QED) is 0.915. The molecule has 1 saturated heterocycles. The van der Waals surface area contributed by atoms with Crippen LogP contribution in [0.5, 0.6) is 0 Å². The maximum Gasteiger partial charge on any atom is 0.419 e. The summed E-state index contributed by atoms with van der Waals surface area (Å²) in [5.74, 6) is -0.231. The van der Waals surface area contributed by atoms with E-state index in [0.717, 1.165) is 17.5 Å². The zero-order valence-corrected chi connectivity index (χ0v) is 10.8. The van der Waals surface area contributed by atoms with E-state index in [2.05, 4.69) is 0 Å². The van der Waals surface area contributed by atoms with Gasteiger partial charge >= 0.3 is 5.76 Å². The number of aromatic nitrogens is 1. The van der Waals surface area contributed by atoms with E-state index in [1.54, 1.807) is 10.6 Å². The summed E-state index contributed by atoms with van der Waals surface area (Å²) in [4.78, 5) is 11.6. The molecule has 102 valence electrons. The molecule has 0 aliphatic carbocycles. The highest BCUT2D eigenvalue weighted by Crippen LogP contribution is 2.30. The van der Waals surface area contributed by atoms with Crippen LogP contribution in [0.15, 0.2) is 27.4 Å². The average Bonchev–Trinajstić information content (AvgIpc) is 3.03. The summed E-state index contributed by atoms with van der Waals surface area (Å²) in [5.41, 5.74) is 2.08. The van der Waals surface area contributed by atoms with E-state index in [9.17, 15) is 9.90 Å². The maximum atomic E-state index is 11.6. The number of nitrogens with zero attached hydrogens (tertiary/aromatic N) is 1. The van der Waals surface area contributed by atoms with Crippen molar-refractivity contribution in [2.45, 2.75) is 26.0 Å². The Balaban J connectivity index is 1.99. The van der Waals surface area contributed by atoms with Gasteiger partial charge in [0.05, 0.1) is 18.2 Å². The molecule has 1 aromatic carbocycles. The highest BCUT2D eigenvalue weighted by atomic mass is 16.5. The van der Waals surface area contributed by atoms with Gasteiger partial charge in [-0.25, -0.2) is 4.79 Å². The monoisotopic (exact) mass is 263 g/mol. The van der Waals surface area contributed by atoms with Gasteiger partial charge in [-0.15, -0.1) is 0 Å². The molecule has 1 aromatic heterocycles. The first kappa shape index (κ1) is 12.4. The van der Waals surface area contributed by atoms with Gasteiger partial charge in [0, 0.05) is 19.1 Å². The van der Waals surface area contributed by atoms with Crippen molar-refractivity contribution < 1.29 is 14.3 Å². The van der Waals surface area contributed by atoms with Crippen LogP contribution >= 0.6 is 0 Å². The number of oxazole rings is 1.